The Hall–Kier alpha value is -2.08. The van der Waals surface area contributed by atoms with E-state index in [9.17, 15) is 0 Å². The third-order valence-electron chi connectivity index (χ3n) is 3.43. The van der Waals surface area contributed by atoms with Crippen molar-refractivity contribution in [1.82, 2.24) is 0 Å². The predicted octanol–water partition coefficient (Wildman–Crippen LogP) is 5.03. The number of hydrogen-bond acceptors (Lipinski definition) is 0. The highest BCUT2D eigenvalue weighted by molar-refractivity contribution is 5.88. The molecule has 0 atom stereocenters. The molecular formula is C19H20. The molecule has 0 heterocycles. The molecule has 0 aromatic heterocycles. The molecule has 0 N–H and O–H groups in total. The van der Waals surface area contributed by atoms with Crippen LogP contribution in [0.2, 0.25) is 0 Å². The number of rotatable bonds is 6. The van der Waals surface area contributed by atoms with Gasteiger partial charge in [-0.15, -0.1) is 19.7 Å². The van der Waals surface area contributed by atoms with Crippen molar-refractivity contribution in [3.05, 3.63) is 85.0 Å². The maximum Gasteiger partial charge on any atom is -0.00910 e. The summed E-state index contributed by atoms with van der Waals surface area (Å²) in [5, 5.41) is 2.62. The third-order valence-corrected chi connectivity index (χ3v) is 3.43. The van der Waals surface area contributed by atoms with Gasteiger partial charge >= 0.3 is 0 Å². The van der Waals surface area contributed by atoms with E-state index in [4.69, 9.17) is 0 Å². The quantitative estimate of drug-likeness (QED) is 0.629. The SMILES string of the molecule is C=CCc1cc2ccccc2c(CC=C)c1CC=C. The van der Waals surface area contributed by atoms with Gasteiger partial charge in [0.2, 0.25) is 0 Å². The van der Waals surface area contributed by atoms with Gasteiger partial charge in [0.1, 0.15) is 0 Å². The van der Waals surface area contributed by atoms with E-state index in [-0.39, 0.29) is 0 Å². The number of hydrogen-bond donors (Lipinski definition) is 0. The van der Waals surface area contributed by atoms with E-state index in [2.05, 4.69) is 50.1 Å². The Bertz CT molecular complexity index is 617. The smallest absolute Gasteiger partial charge is 0.00910 e. The first-order chi connectivity index (χ1) is 9.31. The average Bonchev–Trinajstić information content (AvgIpc) is 2.43. The van der Waals surface area contributed by atoms with Crippen molar-refractivity contribution in [3.63, 3.8) is 0 Å². The van der Waals surface area contributed by atoms with Gasteiger partial charge in [0, 0.05) is 0 Å². The molecule has 2 rings (SSSR count). The average molecular weight is 248 g/mol. The molecule has 0 aliphatic rings. The first-order valence-electron chi connectivity index (χ1n) is 6.66. The second-order valence-electron chi connectivity index (χ2n) is 4.69. The summed E-state index contributed by atoms with van der Waals surface area (Å²) in [6, 6.07) is 10.8. The van der Waals surface area contributed by atoms with Crippen molar-refractivity contribution in [2.75, 3.05) is 0 Å². The van der Waals surface area contributed by atoms with Crippen LogP contribution in [0.4, 0.5) is 0 Å². The highest BCUT2D eigenvalue weighted by Gasteiger charge is 2.10. The van der Waals surface area contributed by atoms with Crippen molar-refractivity contribution < 1.29 is 0 Å². The van der Waals surface area contributed by atoms with Crippen molar-refractivity contribution >= 4 is 10.8 Å². The fraction of sp³-hybridized carbons (Fsp3) is 0.158. The molecule has 0 saturated carbocycles. The standard InChI is InChI=1S/C19H20/c1-4-9-15-14-16-12-7-8-13-18(16)19(11-6-3)17(15)10-5-2/h4-8,12-14H,1-3,9-11H2. The Balaban J connectivity index is 2.77. The summed E-state index contributed by atoms with van der Waals surface area (Å²) in [6.07, 6.45) is 8.62. The lowest BCUT2D eigenvalue weighted by Crippen LogP contribution is -2.00. The fourth-order valence-electron chi connectivity index (χ4n) is 2.64. The molecule has 0 aliphatic heterocycles. The molecule has 0 bridgehead atoms. The Morgan fingerprint density at radius 2 is 1.42 bits per heavy atom. The van der Waals surface area contributed by atoms with Crippen molar-refractivity contribution in [1.29, 1.82) is 0 Å². The van der Waals surface area contributed by atoms with Gasteiger partial charge in [-0.25, -0.2) is 0 Å². The molecular weight excluding hydrogens is 228 g/mol. The number of benzene rings is 2. The Morgan fingerprint density at radius 3 is 2.11 bits per heavy atom. The normalized spacial score (nSPS) is 10.3. The van der Waals surface area contributed by atoms with Crippen molar-refractivity contribution in [2.24, 2.45) is 0 Å². The van der Waals surface area contributed by atoms with Crippen molar-refractivity contribution in [3.8, 4) is 0 Å². The summed E-state index contributed by atoms with van der Waals surface area (Å²) in [5.41, 5.74) is 4.11. The first-order valence-corrected chi connectivity index (χ1v) is 6.66. The predicted molar refractivity (Wildman–Crippen MR) is 85.7 cm³/mol. The van der Waals surface area contributed by atoms with Crippen LogP contribution in [-0.2, 0) is 19.3 Å². The summed E-state index contributed by atoms with van der Waals surface area (Å²) in [4.78, 5) is 0. The minimum Gasteiger partial charge on any atom is -0.103 e. The summed E-state index contributed by atoms with van der Waals surface area (Å²) >= 11 is 0. The molecule has 96 valence electrons. The van der Waals surface area contributed by atoms with Gasteiger partial charge in [-0.3, -0.25) is 0 Å². The Kier molecular flexibility index (Phi) is 4.35. The van der Waals surface area contributed by atoms with Crippen LogP contribution in [0.1, 0.15) is 16.7 Å². The van der Waals surface area contributed by atoms with Gasteiger partial charge < -0.3 is 0 Å². The molecule has 0 fully saturated rings. The van der Waals surface area contributed by atoms with Crippen molar-refractivity contribution in [2.45, 2.75) is 19.3 Å². The maximum atomic E-state index is 3.89. The largest absolute Gasteiger partial charge is 0.103 e. The maximum absolute atomic E-state index is 3.89. The second kappa shape index (κ2) is 6.19. The van der Waals surface area contributed by atoms with Crippen LogP contribution in [0.5, 0.6) is 0 Å². The molecule has 2 aromatic rings. The van der Waals surface area contributed by atoms with Crippen LogP contribution < -0.4 is 0 Å². The number of allylic oxidation sites excluding steroid dienone is 3. The van der Waals surface area contributed by atoms with E-state index in [0.717, 1.165) is 19.3 Å². The molecule has 0 heteroatoms. The van der Waals surface area contributed by atoms with Crippen LogP contribution in [0.25, 0.3) is 10.8 Å². The Labute approximate surface area is 115 Å². The summed E-state index contributed by atoms with van der Waals surface area (Å²) < 4.78 is 0. The highest BCUT2D eigenvalue weighted by atomic mass is 14.1. The molecule has 0 unspecified atom stereocenters. The molecule has 0 spiro atoms. The zero-order chi connectivity index (χ0) is 13.7. The minimum absolute atomic E-state index is 0.897. The van der Waals surface area contributed by atoms with Crippen LogP contribution in [0.15, 0.2) is 68.3 Å². The monoisotopic (exact) mass is 248 g/mol. The molecule has 0 aliphatic carbocycles. The molecule has 0 nitrogen and oxygen atoms in total. The molecule has 0 amide bonds. The van der Waals surface area contributed by atoms with Crippen LogP contribution in [-0.4, -0.2) is 0 Å². The van der Waals surface area contributed by atoms with Crippen LogP contribution >= 0.6 is 0 Å². The van der Waals surface area contributed by atoms with Gasteiger partial charge in [-0.05, 0) is 46.7 Å². The van der Waals surface area contributed by atoms with Gasteiger partial charge in [0.05, 0.1) is 0 Å². The van der Waals surface area contributed by atoms with Crippen LogP contribution in [0.3, 0.4) is 0 Å². The summed E-state index contributed by atoms with van der Waals surface area (Å²) in [5.74, 6) is 0. The molecule has 0 saturated heterocycles. The van der Waals surface area contributed by atoms with E-state index in [0.29, 0.717) is 0 Å². The lowest BCUT2D eigenvalue weighted by molar-refractivity contribution is 1.11. The lowest BCUT2D eigenvalue weighted by Gasteiger charge is -2.15. The highest BCUT2D eigenvalue weighted by Crippen LogP contribution is 2.28. The molecule has 19 heavy (non-hydrogen) atoms. The Morgan fingerprint density at radius 1 is 0.789 bits per heavy atom. The van der Waals surface area contributed by atoms with E-state index >= 15 is 0 Å². The van der Waals surface area contributed by atoms with E-state index in [1.807, 2.05) is 18.2 Å². The second-order valence-corrected chi connectivity index (χ2v) is 4.69. The van der Waals surface area contributed by atoms with Gasteiger partial charge in [0.25, 0.3) is 0 Å². The fourth-order valence-corrected chi connectivity index (χ4v) is 2.64. The lowest BCUT2D eigenvalue weighted by atomic mass is 9.89. The minimum atomic E-state index is 0.897. The molecule has 2 aromatic carbocycles. The van der Waals surface area contributed by atoms with E-state index in [1.165, 1.54) is 27.5 Å². The zero-order valence-corrected chi connectivity index (χ0v) is 11.4. The number of fused-ring (bicyclic) bond motifs is 1. The zero-order valence-electron chi connectivity index (χ0n) is 11.4. The summed E-state index contributed by atoms with van der Waals surface area (Å²) in [6.45, 7) is 11.6. The van der Waals surface area contributed by atoms with E-state index in [1.54, 1.807) is 0 Å². The van der Waals surface area contributed by atoms with Crippen LogP contribution in [0, 0.1) is 0 Å². The van der Waals surface area contributed by atoms with Gasteiger partial charge in [-0.2, -0.15) is 0 Å². The van der Waals surface area contributed by atoms with Gasteiger partial charge in [-0.1, -0.05) is 48.6 Å². The molecule has 0 radical (unpaired) electrons. The summed E-state index contributed by atoms with van der Waals surface area (Å²) in [7, 11) is 0. The topological polar surface area (TPSA) is 0 Å². The van der Waals surface area contributed by atoms with Gasteiger partial charge in [0.15, 0.2) is 0 Å². The van der Waals surface area contributed by atoms with E-state index < -0.39 is 0 Å². The third kappa shape index (κ3) is 2.68. The first kappa shape index (κ1) is 13.4.